The summed E-state index contributed by atoms with van der Waals surface area (Å²) in [5.74, 6) is -0.00610. The largest absolute Gasteiger partial charge is 0.459 e. The quantitative estimate of drug-likeness (QED) is 0.286. The lowest BCUT2D eigenvalue weighted by atomic mass is 9.95. The number of rotatable bonds is 6. The molecule has 7 heteroatoms. The van der Waals surface area contributed by atoms with Gasteiger partial charge < -0.3 is 15.4 Å². The third-order valence-corrected chi connectivity index (χ3v) is 4.02. The molecule has 1 fully saturated rings. The molecule has 0 aromatic heterocycles. The first-order valence-corrected chi connectivity index (χ1v) is 8.75. The number of carbonyl (C=O) groups is 1. The summed E-state index contributed by atoms with van der Waals surface area (Å²) in [6.45, 7) is 8.62. The number of halogens is 2. The number of esters is 1. The Kier molecular flexibility index (Phi) is 8.30. The predicted octanol–water partition coefficient (Wildman–Crippen LogP) is 3.37. The van der Waals surface area contributed by atoms with Crippen molar-refractivity contribution in [3.63, 3.8) is 0 Å². The molecule has 2 N–H and O–H groups in total. The van der Waals surface area contributed by atoms with E-state index in [1.54, 1.807) is 6.07 Å². The van der Waals surface area contributed by atoms with E-state index in [0.29, 0.717) is 19.0 Å². The van der Waals surface area contributed by atoms with Crippen LogP contribution in [0.25, 0.3) is 0 Å². The molecule has 1 aromatic carbocycles. The number of carbonyl (C=O) groups excluding carboxylic acids is 1. The van der Waals surface area contributed by atoms with E-state index in [1.807, 2.05) is 39.8 Å². The van der Waals surface area contributed by atoms with Gasteiger partial charge in [0.05, 0.1) is 0 Å². The van der Waals surface area contributed by atoms with Gasteiger partial charge in [-0.3, -0.25) is 4.79 Å². The molecule has 1 saturated carbocycles. The van der Waals surface area contributed by atoms with Crippen molar-refractivity contribution in [2.75, 3.05) is 19.6 Å². The highest BCUT2D eigenvalue weighted by atomic mass is 127. The number of nitrogens with one attached hydrogen (secondary N) is 2. The Morgan fingerprint density at radius 2 is 1.92 bits per heavy atom. The normalized spacial score (nSPS) is 15.7. The van der Waals surface area contributed by atoms with Crippen LogP contribution in [-0.2, 0) is 14.9 Å². The maximum absolute atomic E-state index is 14.1. The van der Waals surface area contributed by atoms with E-state index >= 15 is 0 Å². The summed E-state index contributed by atoms with van der Waals surface area (Å²) >= 11 is 0. The van der Waals surface area contributed by atoms with Gasteiger partial charge in [-0.1, -0.05) is 18.2 Å². The second-order valence-corrected chi connectivity index (χ2v) is 7.40. The van der Waals surface area contributed by atoms with Crippen LogP contribution in [0.3, 0.4) is 0 Å². The fourth-order valence-corrected chi connectivity index (χ4v) is 2.70. The van der Waals surface area contributed by atoms with Gasteiger partial charge >= 0.3 is 5.97 Å². The molecule has 0 heterocycles. The Morgan fingerprint density at radius 3 is 2.46 bits per heavy atom. The van der Waals surface area contributed by atoms with Crippen LogP contribution in [0.15, 0.2) is 29.3 Å². The Hall–Kier alpha value is -1.38. The lowest BCUT2D eigenvalue weighted by Crippen LogP contribution is -2.42. The maximum atomic E-state index is 14.1. The van der Waals surface area contributed by atoms with E-state index in [4.69, 9.17) is 4.74 Å². The smallest absolute Gasteiger partial charge is 0.328 e. The van der Waals surface area contributed by atoms with Crippen molar-refractivity contribution in [1.29, 1.82) is 0 Å². The number of nitrogens with zero attached hydrogens (tertiary/aromatic N) is 1. The van der Waals surface area contributed by atoms with Crippen molar-refractivity contribution in [2.45, 2.75) is 51.6 Å². The van der Waals surface area contributed by atoms with E-state index in [1.165, 1.54) is 6.07 Å². The Morgan fingerprint density at radius 1 is 1.27 bits per heavy atom. The summed E-state index contributed by atoms with van der Waals surface area (Å²) in [6, 6.07) is 6.90. The van der Waals surface area contributed by atoms with Crippen molar-refractivity contribution in [2.24, 2.45) is 4.99 Å². The molecule has 0 radical (unpaired) electrons. The van der Waals surface area contributed by atoms with E-state index < -0.39 is 5.60 Å². The molecule has 0 atom stereocenters. The molecule has 0 bridgehead atoms. The highest BCUT2D eigenvalue weighted by Crippen LogP contribution is 2.48. The zero-order chi connectivity index (χ0) is 18.5. The van der Waals surface area contributed by atoms with Crippen LogP contribution in [-0.4, -0.2) is 37.2 Å². The van der Waals surface area contributed by atoms with Crippen molar-refractivity contribution in [3.05, 3.63) is 35.6 Å². The summed E-state index contributed by atoms with van der Waals surface area (Å²) in [4.78, 5) is 16.1. The third-order valence-electron chi connectivity index (χ3n) is 4.02. The van der Waals surface area contributed by atoms with Crippen molar-refractivity contribution in [1.82, 2.24) is 10.6 Å². The van der Waals surface area contributed by atoms with Crippen LogP contribution in [0.5, 0.6) is 0 Å². The zero-order valence-corrected chi connectivity index (χ0v) is 18.2. The second-order valence-electron chi connectivity index (χ2n) is 7.40. The van der Waals surface area contributed by atoms with Gasteiger partial charge in [-0.05, 0) is 52.2 Å². The van der Waals surface area contributed by atoms with Gasteiger partial charge in [0.15, 0.2) is 5.96 Å². The first-order chi connectivity index (χ1) is 11.8. The lowest BCUT2D eigenvalue weighted by molar-refractivity contribution is -0.152. The molecule has 0 saturated heterocycles. The number of aliphatic imine (C=N–C) groups is 1. The predicted molar refractivity (Wildman–Crippen MR) is 113 cm³/mol. The Balaban J connectivity index is 0.00000338. The van der Waals surface area contributed by atoms with Gasteiger partial charge in [-0.25, -0.2) is 9.38 Å². The van der Waals surface area contributed by atoms with Gasteiger partial charge in [-0.2, -0.15) is 0 Å². The van der Waals surface area contributed by atoms with Crippen LogP contribution in [0.1, 0.15) is 46.1 Å². The van der Waals surface area contributed by atoms with Gasteiger partial charge in [0.1, 0.15) is 18.0 Å². The molecule has 1 aromatic rings. The number of hydrogen-bond acceptors (Lipinski definition) is 3. The first kappa shape index (κ1) is 22.7. The minimum Gasteiger partial charge on any atom is -0.459 e. The van der Waals surface area contributed by atoms with E-state index in [9.17, 15) is 9.18 Å². The average molecular weight is 477 g/mol. The van der Waals surface area contributed by atoms with Crippen LogP contribution >= 0.6 is 24.0 Å². The maximum Gasteiger partial charge on any atom is 0.328 e. The van der Waals surface area contributed by atoms with Crippen LogP contribution in [0, 0.1) is 5.82 Å². The second kappa shape index (κ2) is 9.53. The topological polar surface area (TPSA) is 62.7 Å². The molecule has 2 rings (SSSR count). The SMILES string of the molecule is CCNC(=NCC(=O)OC(C)(C)C)NCC1(c2ccccc2F)CC1.I. The molecule has 0 spiro atoms. The number of benzene rings is 1. The molecule has 1 aliphatic rings. The summed E-state index contributed by atoms with van der Waals surface area (Å²) in [5, 5.41) is 6.34. The molecule has 26 heavy (non-hydrogen) atoms. The molecule has 5 nitrogen and oxygen atoms in total. The monoisotopic (exact) mass is 477 g/mol. The van der Waals surface area contributed by atoms with Crippen LogP contribution in [0.2, 0.25) is 0 Å². The van der Waals surface area contributed by atoms with E-state index in [0.717, 1.165) is 18.4 Å². The summed E-state index contributed by atoms with van der Waals surface area (Å²) in [7, 11) is 0. The van der Waals surface area contributed by atoms with Gasteiger partial charge in [0.25, 0.3) is 0 Å². The highest BCUT2D eigenvalue weighted by molar-refractivity contribution is 14.0. The van der Waals surface area contributed by atoms with Crippen molar-refractivity contribution >= 4 is 35.9 Å². The third kappa shape index (κ3) is 6.74. The summed E-state index contributed by atoms with van der Waals surface area (Å²) in [6.07, 6.45) is 1.87. The fourth-order valence-electron chi connectivity index (χ4n) is 2.70. The first-order valence-electron chi connectivity index (χ1n) is 8.75. The average Bonchev–Trinajstić information content (AvgIpc) is 3.30. The van der Waals surface area contributed by atoms with E-state index in [2.05, 4.69) is 15.6 Å². The molecule has 146 valence electrons. The Bertz CT molecular complexity index is 640. The minimum absolute atomic E-state index is 0. The summed E-state index contributed by atoms with van der Waals surface area (Å²) in [5.41, 5.74) is 0.0276. The van der Waals surface area contributed by atoms with Gasteiger partial charge in [0.2, 0.25) is 0 Å². The fraction of sp³-hybridized carbons (Fsp3) is 0.579. The minimum atomic E-state index is -0.527. The number of hydrogen-bond donors (Lipinski definition) is 2. The van der Waals surface area contributed by atoms with Gasteiger partial charge in [0, 0.05) is 18.5 Å². The molecular formula is C19H29FIN3O2. The molecule has 1 aliphatic carbocycles. The highest BCUT2D eigenvalue weighted by Gasteiger charge is 2.45. The summed E-state index contributed by atoms with van der Waals surface area (Å²) < 4.78 is 19.3. The van der Waals surface area contributed by atoms with Crippen molar-refractivity contribution in [3.8, 4) is 0 Å². The molecule has 0 amide bonds. The molecular weight excluding hydrogens is 448 g/mol. The van der Waals surface area contributed by atoms with E-state index in [-0.39, 0.29) is 47.7 Å². The number of guanidine groups is 1. The van der Waals surface area contributed by atoms with Crippen molar-refractivity contribution < 1.29 is 13.9 Å². The van der Waals surface area contributed by atoms with Gasteiger partial charge in [-0.15, -0.1) is 24.0 Å². The van der Waals surface area contributed by atoms with Crippen LogP contribution in [0.4, 0.5) is 4.39 Å². The number of ether oxygens (including phenoxy) is 1. The molecule has 0 aliphatic heterocycles. The standard InChI is InChI=1S/C19H28FN3O2.HI/c1-5-21-17(22-12-16(24)25-18(2,3)4)23-13-19(10-11-19)14-8-6-7-9-15(14)20;/h6-9H,5,10-13H2,1-4H3,(H2,21,22,23);1H. The lowest BCUT2D eigenvalue weighted by Gasteiger charge is -2.20. The van der Waals surface area contributed by atoms with Crippen LogP contribution < -0.4 is 10.6 Å². The Labute approximate surface area is 172 Å². The zero-order valence-electron chi connectivity index (χ0n) is 15.9. The molecule has 0 unspecified atom stereocenters.